The van der Waals surface area contributed by atoms with Gasteiger partial charge in [0, 0.05) is 32.7 Å². The van der Waals surface area contributed by atoms with E-state index in [0.29, 0.717) is 11.5 Å². The Morgan fingerprint density at radius 3 is 2.27 bits per heavy atom. The summed E-state index contributed by atoms with van der Waals surface area (Å²) in [5.41, 5.74) is 0.378. The summed E-state index contributed by atoms with van der Waals surface area (Å²) in [6, 6.07) is 0.457. The number of likely N-dealkylation sites (tertiary alicyclic amines) is 1. The van der Waals surface area contributed by atoms with Gasteiger partial charge in [0.05, 0.1) is 0 Å². The van der Waals surface area contributed by atoms with Crippen LogP contribution in [-0.4, -0.2) is 48.9 Å². The van der Waals surface area contributed by atoms with Crippen molar-refractivity contribution in [1.82, 2.24) is 9.80 Å². The first-order chi connectivity index (χ1) is 6.92. The van der Waals surface area contributed by atoms with Gasteiger partial charge in [0.25, 0.3) is 0 Å². The molecule has 1 saturated heterocycles. The number of rotatable bonds is 3. The van der Waals surface area contributed by atoms with Crippen molar-refractivity contribution in [2.45, 2.75) is 39.7 Å². The van der Waals surface area contributed by atoms with Crippen LogP contribution in [0.1, 0.15) is 33.6 Å². The average molecular weight is 212 g/mol. The molecule has 3 heteroatoms. The molecule has 0 aromatic carbocycles. The topological polar surface area (TPSA) is 23.6 Å². The van der Waals surface area contributed by atoms with Crippen molar-refractivity contribution in [3.8, 4) is 0 Å². The fraction of sp³-hybridized carbons (Fsp3) is 0.917. The molecule has 0 aromatic heterocycles. The van der Waals surface area contributed by atoms with Gasteiger partial charge in [-0.25, -0.2) is 0 Å². The van der Waals surface area contributed by atoms with Crippen LogP contribution in [-0.2, 0) is 4.79 Å². The zero-order chi connectivity index (χ0) is 11.5. The third-order valence-electron chi connectivity index (χ3n) is 3.00. The van der Waals surface area contributed by atoms with Gasteiger partial charge in [-0.15, -0.1) is 0 Å². The zero-order valence-corrected chi connectivity index (χ0v) is 10.5. The summed E-state index contributed by atoms with van der Waals surface area (Å²) in [6.07, 6.45) is 3.18. The Kier molecular flexibility index (Phi) is 4.14. The highest BCUT2D eigenvalue weighted by atomic mass is 16.1. The van der Waals surface area contributed by atoms with Crippen LogP contribution in [0.4, 0.5) is 0 Å². The van der Waals surface area contributed by atoms with Gasteiger partial charge in [0.1, 0.15) is 0 Å². The summed E-state index contributed by atoms with van der Waals surface area (Å²) in [5.74, 6) is 0. The molecule has 15 heavy (non-hydrogen) atoms. The molecule has 0 saturated carbocycles. The SMILES string of the molecule is CN(C=O)C1CCN(CC(C)(C)C)CC1. The van der Waals surface area contributed by atoms with E-state index in [2.05, 4.69) is 25.7 Å². The first-order valence-corrected chi connectivity index (χ1v) is 5.82. The third-order valence-corrected chi connectivity index (χ3v) is 3.00. The maximum atomic E-state index is 10.6. The monoisotopic (exact) mass is 212 g/mol. The van der Waals surface area contributed by atoms with Crippen LogP contribution in [0.15, 0.2) is 0 Å². The molecule has 0 unspecified atom stereocenters. The molecule has 1 heterocycles. The predicted octanol–water partition coefficient (Wildman–Crippen LogP) is 1.59. The minimum absolute atomic E-state index is 0.378. The molecule has 88 valence electrons. The molecule has 0 aromatic rings. The standard InChI is InChI=1S/C12H24N2O/c1-12(2,3)9-14-7-5-11(6-8-14)13(4)10-15/h10-11H,5-9H2,1-4H3. The summed E-state index contributed by atoms with van der Waals surface area (Å²) in [7, 11) is 1.89. The molecule has 3 nitrogen and oxygen atoms in total. The minimum atomic E-state index is 0.378. The Bertz CT molecular complexity index is 202. The van der Waals surface area contributed by atoms with Crippen molar-refractivity contribution >= 4 is 6.41 Å². The van der Waals surface area contributed by atoms with Gasteiger partial charge in [-0.2, -0.15) is 0 Å². The van der Waals surface area contributed by atoms with Gasteiger partial charge in [-0.1, -0.05) is 20.8 Å². The number of carbonyl (C=O) groups is 1. The van der Waals surface area contributed by atoms with E-state index in [1.54, 1.807) is 0 Å². The Morgan fingerprint density at radius 2 is 1.87 bits per heavy atom. The van der Waals surface area contributed by atoms with Crippen LogP contribution in [0.5, 0.6) is 0 Å². The molecule has 0 bridgehead atoms. The number of amides is 1. The lowest BCUT2D eigenvalue weighted by Gasteiger charge is -2.38. The smallest absolute Gasteiger partial charge is 0.209 e. The highest BCUT2D eigenvalue weighted by Gasteiger charge is 2.24. The number of hydrogen-bond donors (Lipinski definition) is 0. The van der Waals surface area contributed by atoms with E-state index in [1.165, 1.54) is 0 Å². The van der Waals surface area contributed by atoms with Crippen molar-refractivity contribution in [2.24, 2.45) is 5.41 Å². The van der Waals surface area contributed by atoms with Crippen LogP contribution in [0.2, 0.25) is 0 Å². The molecule has 0 aliphatic carbocycles. The summed E-state index contributed by atoms with van der Waals surface area (Å²) in [4.78, 5) is 14.9. The Balaban J connectivity index is 2.33. The summed E-state index contributed by atoms with van der Waals surface area (Å²) in [5, 5.41) is 0. The molecule has 1 amide bonds. The third kappa shape index (κ3) is 4.20. The van der Waals surface area contributed by atoms with Gasteiger partial charge in [-0.05, 0) is 18.3 Å². The van der Waals surface area contributed by atoms with Crippen molar-refractivity contribution in [3.63, 3.8) is 0 Å². The quantitative estimate of drug-likeness (QED) is 0.663. The van der Waals surface area contributed by atoms with Gasteiger partial charge < -0.3 is 9.80 Å². The lowest BCUT2D eigenvalue weighted by molar-refractivity contribution is -0.119. The Labute approximate surface area is 93.4 Å². The molecule has 0 spiro atoms. The molecule has 1 rings (SSSR count). The maximum absolute atomic E-state index is 10.6. The van der Waals surface area contributed by atoms with E-state index in [9.17, 15) is 4.79 Å². The molecule has 1 aliphatic heterocycles. The average Bonchev–Trinajstić information content (AvgIpc) is 2.15. The predicted molar refractivity (Wildman–Crippen MR) is 62.7 cm³/mol. The molecule has 0 N–H and O–H groups in total. The second-order valence-electron chi connectivity index (χ2n) is 5.84. The minimum Gasteiger partial charge on any atom is -0.345 e. The van der Waals surface area contributed by atoms with Gasteiger partial charge in [0.2, 0.25) is 6.41 Å². The number of piperidine rings is 1. The lowest BCUT2D eigenvalue weighted by Crippen LogP contribution is -2.45. The van der Waals surface area contributed by atoms with E-state index in [4.69, 9.17) is 0 Å². The van der Waals surface area contributed by atoms with E-state index in [0.717, 1.165) is 38.9 Å². The van der Waals surface area contributed by atoms with Crippen LogP contribution >= 0.6 is 0 Å². The number of carbonyl (C=O) groups excluding carboxylic acids is 1. The lowest BCUT2D eigenvalue weighted by atomic mass is 9.94. The number of hydrogen-bond acceptors (Lipinski definition) is 2. The molecular weight excluding hydrogens is 188 g/mol. The normalized spacial score (nSPS) is 20.3. The van der Waals surface area contributed by atoms with E-state index in [1.807, 2.05) is 11.9 Å². The highest BCUT2D eigenvalue weighted by Crippen LogP contribution is 2.20. The summed E-state index contributed by atoms with van der Waals surface area (Å²) < 4.78 is 0. The molecule has 1 fully saturated rings. The molecule has 0 radical (unpaired) electrons. The zero-order valence-electron chi connectivity index (χ0n) is 10.5. The molecular formula is C12H24N2O. The molecule has 0 atom stereocenters. The maximum Gasteiger partial charge on any atom is 0.209 e. The summed E-state index contributed by atoms with van der Waals surface area (Å²) in [6.45, 7) is 10.2. The van der Waals surface area contributed by atoms with Crippen molar-refractivity contribution in [3.05, 3.63) is 0 Å². The first kappa shape index (κ1) is 12.5. The van der Waals surface area contributed by atoms with Crippen LogP contribution in [0.3, 0.4) is 0 Å². The fourth-order valence-corrected chi connectivity index (χ4v) is 2.24. The largest absolute Gasteiger partial charge is 0.345 e. The first-order valence-electron chi connectivity index (χ1n) is 5.82. The Hall–Kier alpha value is -0.570. The van der Waals surface area contributed by atoms with Crippen molar-refractivity contribution in [2.75, 3.05) is 26.7 Å². The Morgan fingerprint density at radius 1 is 1.33 bits per heavy atom. The fourth-order valence-electron chi connectivity index (χ4n) is 2.24. The second-order valence-corrected chi connectivity index (χ2v) is 5.84. The van der Waals surface area contributed by atoms with Crippen molar-refractivity contribution in [1.29, 1.82) is 0 Å². The van der Waals surface area contributed by atoms with Gasteiger partial charge in [-0.3, -0.25) is 4.79 Å². The van der Waals surface area contributed by atoms with Crippen molar-refractivity contribution < 1.29 is 4.79 Å². The van der Waals surface area contributed by atoms with Gasteiger partial charge in [0.15, 0.2) is 0 Å². The van der Waals surface area contributed by atoms with E-state index >= 15 is 0 Å². The summed E-state index contributed by atoms with van der Waals surface area (Å²) >= 11 is 0. The van der Waals surface area contributed by atoms with Crippen LogP contribution < -0.4 is 0 Å². The number of nitrogens with zero attached hydrogens (tertiary/aromatic N) is 2. The van der Waals surface area contributed by atoms with Crippen LogP contribution in [0.25, 0.3) is 0 Å². The highest BCUT2D eigenvalue weighted by molar-refractivity contribution is 5.47. The van der Waals surface area contributed by atoms with Gasteiger partial charge >= 0.3 is 0 Å². The van der Waals surface area contributed by atoms with Crippen LogP contribution in [0, 0.1) is 5.41 Å². The second kappa shape index (κ2) is 4.97. The van der Waals surface area contributed by atoms with E-state index in [-0.39, 0.29) is 0 Å². The van der Waals surface area contributed by atoms with E-state index < -0.39 is 0 Å². The molecule has 1 aliphatic rings.